The van der Waals surface area contributed by atoms with E-state index in [1.807, 2.05) is 41.9 Å². The lowest BCUT2D eigenvalue weighted by Gasteiger charge is -2.25. The lowest BCUT2D eigenvalue weighted by Crippen LogP contribution is -2.41. The molecular formula is C18H18ClN3O2S2. The largest absolute Gasteiger partial charge is 0.336 e. The number of aromatic nitrogens is 2. The highest BCUT2D eigenvalue weighted by atomic mass is 35.5. The Morgan fingerprint density at radius 1 is 1.27 bits per heavy atom. The van der Waals surface area contributed by atoms with Gasteiger partial charge in [0.1, 0.15) is 4.83 Å². The van der Waals surface area contributed by atoms with Crippen LogP contribution >= 0.6 is 22.9 Å². The van der Waals surface area contributed by atoms with Gasteiger partial charge < -0.3 is 4.90 Å². The maximum absolute atomic E-state index is 12.8. The van der Waals surface area contributed by atoms with Gasteiger partial charge in [-0.3, -0.25) is 13.7 Å². The Morgan fingerprint density at radius 3 is 2.65 bits per heavy atom. The summed E-state index contributed by atoms with van der Waals surface area (Å²) >= 11 is 7.43. The Labute approximate surface area is 163 Å². The fourth-order valence-electron chi connectivity index (χ4n) is 3.08. The molecule has 0 saturated carbocycles. The highest BCUT2D eigenvalue weighted by Crippen LogP contribution is 2.30. The molecule has 5 nitrogen and oxygen atoms in total. The number of benzene rings is 1. The normalized spacial score (nSPS) is 15.7. The molecule has 8 heteroatoms. The summed E-state index contributed by atoms with van der Waals surface area (Å²) < 4.78 is 13.5. The Kier molecular flexibility index (Phi) is 4.86. The van der Waals surface area contributed by atoms with E-state index in [1.54, 1.807) is 4.90 Å². The average Bonchev–Trinajstić information content (AvgIpc) is 3.19. The summed E-state index contributed by atoms with van der Waals surface area (Å²) in [6.45, 7) is 3.73. The van der Waals surface area contributed by atoms with Gasteiger partial charge >= 0.3 is 0 Å². The van der Waals surface area contributed by atoms with Crippen molar-refractivity contribution in [2.24, 2.45) is 0 Å². The van der Waals surface area contributed by atoms with E-state index in [2.05, 4.69) is 5.10 Å². The van der Waals surface area contributed by atoms with Crippen LogP contribution in [0.1, 0.15) is 20.9 Å². The number of carbonyl (C=O) groups excluding carboxylic acids is 1. The van der Waals surface area contributed by atoms with Gasteiger partial charge in [0.2, 0.25) is 0 Å². The molecule has 1 aliphatic heterocycles. The topological polar surface area (TPSA) is 55.2 Å². The third kappa shape index (κ3) is 3.43. The summed E-state index contributed by atoms with van der Waals surface area (Å²) in [4.78, 5) is 16.3. The maximum Gasteiger partial charge on any atom is 0.264 e. The fourth-order valence-corrected chi connectivity index (χ4v) is 5.39. The molecule has 0 aliphatic carbocycles. The number of fused-ring (bicyclic) bond motifs is 1. The van der Waals surface area contributed by atoms with Crippen LogP contribution in [0.4, 0.5) is 0 Å². The third-order valence-corrected chi connectivity index (χ3v) is 7.19. The van der Waals surface area contributed by atoms with Gasteiger partial charge in [-0.05, 0) is 30.7 Å². The maximum atomic E-state index is 12.8. The van der Waals surface area contributed by atoms with E-state index in [4.69, 9.17) is 11.6 Å². The van der Waals surface area contributed by atoms with Crippen LogP contribution in [0.3, 0.4) is 0 Å². The van der Waals surface area contributed by atoms with E-state index in [1.165, 1.54) is 11.3 Å². The number of thiophene rings is 1. The molecule has 0 spiro atoms. The summed E-state index contributed by atoms with van der Waals surface area (Å²) in [5.74, 6) is 1.17. The number of amides is 1. The smallest absolute Gasteiger partial charge is 0.264 e. The van der Waals surface area contributed by atoms with Crippen LogP contribution in [0.2, 0.25) is 5.02 Å². The molecule has 2 aromatic heterocycles. The van der Waals surface area contributed by atoms with Crippen LogP contribution < -0.4 is 0 Å². The van der Waals surface area contributed by atoms with Crippen LogP contribution in [0.15, 0.2) is 30.3 Å². The highest BCUT2D eigenvalue weighted by Gasteiger charge is 2.24. The first-order valence-corrected chi connectivity index (χ1v) is 11.0. The second kappa shape index (κ2) is 7.13. The quantitative estimate of drug-likeness (QED) is 0.669. The lowest BCUT2D eigenvalue weighted by atomic mass is 10.2. The second-order valence-corrected chi connectivity index (χ2v) is 9.50. The van der Waals surface area contributed by atoms with Crippen molar-refractivity contribution in [2.45, 2.75) is 13.5 Å². The first kappa shape index (κ1) is 17.7. The van der Waals surface area contributed by atoms with Gasteiger partial charge in [0.25, 0.3) is 5.91 Å². The van der Waals surface area contributed by atoms with Gasteiger partial charge in [-0.1, -0.05) is 23.7 Å². The first-order valence-electron chi connectivity index (χ1n) is 8.37. The second-order valence-electron chi connectivity index (χ2n) is 6.34. The molecule has 0 unspecified atom stereocenters. The lowest BCUT2D eigenvalue weighted by molar-refractivity contribution is 0.0776. The summed E-state index contributed by atoms with van der Waals surface area (Å²) in [5, 5.41) is 6.35. The molecule has 0 N–H and O–H groups in total. The Bertz CT molecular complexity index is 984. The predicted octanol–water partition coefficient (Wildman–Crippen LogP) is 3.31. The first-order chi connectivity index (χ1) is 12.5. The van der Waals surface area contributed by atoms with Crippen molar-refractivity contribution >= 4 is 49.9 Å². The van der Waals surface area contributed by atoms with Crippen molar-refractivity contribution < 1.29 is 9.00 Å². The number of nitrogens with zero attached hydrogens (tertiary/aromatic N) is 3. The fraction of sp³-hybridized carbons (Fsp3) is 0.333. The number of hydrogen-bond acceptors (Lipinski definition) is 4. The van der Waals surface area contributed by atoms with Gasteiger partial charge in [-0.2, -0.15) is 5.10 Å². The van der Waals surface area contributed by atoms with Crippen LogP contribution in [-0.4, -0.2) is 49.4 Å². The van der Waals surface area contributed by atoms with Gasteiger partial charge in [0.15, 0.2) is 0 Å². The van der Waals surface area contributed by atoms with E-state index in [0.29, 0.717) is 36.2 Å². The molecule has 1 fully saturated rings. The Morgan fingerprint density at radius 2 is 1.96 bits per heavy atom. The summed E-state index contributed by atoms with van der Waals surface area (Å²) in [7, 11) is -0.787. The van der Waals surface area contributed by atoms with Gasteiger partial charge in [0, 0.05) is 45.8 Å². The molecule has 1 amide bonds. The molecule has 0 radical (unpaired) electrons. The molecule has 3 aromatic rings. The van der Waals surface area contributed by atoms with Crippen molar-refractivity contribution in [2.75, 3.05) is 24.6 Å². The van der Waals surface area contributed by atoms with Gasteiger partial charge in [-0.15, -0.1) is 11.3 Å². The Hall–Kier alpha value is -1.70. The van der Waals surface area contributed by atoms with E-state index in [0.717, 1.165) is 26.4 Å². The van der Waals surface area contributed by atoms with Gasteiger partial charge in [-0.25, -0.2) is 0 Å². The molecule has 1 aromatic carbocycles. The van der Waals surface area contributed by atoms with E-state index >= 15 is 0 Å². The molecule has 4 rings (SSSR count). The molecule has 3 heterocycles. The van der Waals surface area contributed by atoms with Crippen LogP contribution in [0.5, 0.6) is 0 Å². The van der Waals surface area contributed by atoms with Crippen molar-refractivity contribution in [1.29, 1.82) is 0 Å². The third-order valence-electron chi connectivity index (χ3n) is 4.53. The molecule has 0 bridgehead atoms. The van der Waals surface area contributed by atoms with Crippen LogP contribution in [-0.2, 0) is 17.3 Å². The van der Waals surface area contributed by atoms with Crippen molar-refractivity contribution in [1.82, 2.24) is 14.7 Å². The van der Waals surface area contributed by atoms with Gasteiger partial charge in [0.05, 0.1) is 17.1 Å². The van der Waals surface area contributed by atoms with Crippen molar-refractivity contribution in [3.8, 4) is 0 Å². The number of aryl methyl sites for hydroxylation is 1. The number of hydrogen-bond donors (Lipinski definition) is 0. The molecule has 1 saturated heterocycles. The van der Waals surface area contributed by atoms with E-state index in [-0.39, 0.29) is 5.91 Å². The SMILES string of the molecule is Cc1nn(Cc2ccc(Cl)cc2)c2sc(C(=O)N3CCS(=O)CC3)cc12. The summed E-state index contributed by atoms with van der Waals surface area (Å²) in [5.41, 5.74) is 2.03. The zero-order valence-corrected chi connectivity index (χ0v) is 16.7. The summed E-state index contributed by atoms with van der Waals surface area (Å²) in [6, 6.07) is 9.65. The highest BCUT2D eigenvalue weighted by molar-refractivity contribution is 7.85. The number of carbonyl (C=O) groups is 1. The minimum atomic E-state index is -0.787. The summed E-state index contributed by atoms with van der Waals surface area (Å²) in [6.07, 6.45) is 0. The van der Waals surface area contributed by atoms with E-state index in [9.17, 15) is 9.00 Å². The van der Waals surface area contributed by atoms with Crippen LogP contribution in [0.25, 0.3) is 10.2 Å². The minimum absolute atomic E-state index is 0.0281. The van der Waals surface area contributed by atoms with Crippen molar-refractivity contribution in [3.63, 3.8) is 0 Å². The zero-order chi connectivity index (χ0) is 18.3. The number of rotatable bonds is 3. The average molecular weight is 408 g/mol. The van der Waals surface area contributed by atoms with Crippen molar-refractivity contribution in [3.05, 3.63) is 51.5 Å². The Balaban J connectivity index is 1.61. The predicted molar refractivity (Wildman–Crippen MR) is 107 cm³/mol. The monoisotopic (exact) mass is 407 g/mol. The molecule has 26 heavy (non-hydrogen) atoms. The number of halogens is 1. The molecule has 136 valence electrons. The molecule has 1 aliphatic rings. The standard InChI is InChI=1S/C18H18ClN3O2S2/c1-12-15-10-16(17(23)21-6-8-26(24)9-7-21)25-18(15)22(20-12)11-13-2-4-14(19)5-3-13/h2-5,10H,6-9,11H2,1H3. The van der Waals surface area contributed by atoms with Crippen LogP contribution in [0, 0.1) is 6.92 Å². The zero-order valence-electron chi connectivity index (χ0n) is 14.3. The molecule has 0 atom stereocenters. The van der Waals surface area contributed by atoms with E-state index < -0.39 is 10.8 Å². The molecular weight excluding hydrogens is 390 g/mol. The minimum Gasteiger partial charge on any atom is -0.336 e.